The van der Waals surface area contributed by atoms with Crippen LogP contribution in [0, 0.1) is 0 Å². The third kappa shape index (κ3) is 3.11. The number of anilines is 3. The van der Waals surface area contributed by atoms with E-state index in [4.69, 9.17) is 0 Å². The smallest absolute Gasteiger partial charge is 0.249 e. The Kier molecular flexibility index (Phi) is 5.08. The average Bonchev–Trinajstić information content (AvgIpc) is 3.02. The molecule has 8 rings (SSSR count). The molecule has 0 aliphatic carbocycles. The van der Waals surface area contributed by atoms with Crippen molar-refractivity contribution in [3.05, 3.63) is 158 Å². The van der Waals surface area contributed by atoms with Gasteiger partial charge in [-0.25, -0.2) is 0 Å². The third-order valence-corrected chi connectivity index (χ3v) is 12.2. The van der Waals surface area contributed by atoms with Gasteiger partial charge in [0.15, 0.2) is 0 Å². The fourth-order valence-electron chi connectivity index (χ4n) is 6.69. The van der Waals surface area contributed by atoms with Gasteiger partial charge in [-0.1, -0.05) is 103 Å². The van der Waals surface area contributed by atoms with E-state index in [9.17, 15) is 0 Å². The monoisotopic (exact) mass is 515 g/mol. The summed E-state index contributed by atoms with van der Waals surface area (Å²) in [5.41, 5.74) is 7.94. The molecule has 0 saturated heterocycles. The molecule has 0 amide bonds. The highest BCUT2D eigenvalue weighted by Crippen LogP contribution is 2.74. The van der Waals surface area contributed by atoms with Crippen LogP contribution in [0.25, 0.3) is 0 Å². The van der Waals surface area contributed by atoms with Gasteiger partial charge in [0.25, 0.3) is 0 Å². The van der Waals surface area contributed by atoms with E-state index >= 15 is 0 Å². The standard InChI is InChI=1S/C36H26BNS/c1-4-15-27(16-5-1)38-32-23-12-10-21-30(32)37-31-22-11-13-25-34(31)39(28-17-6-2-7-18-28,29-19-8-3-9-20-29)35-26-14-24-33(38)36(35)37/h1-26H. The van der Waals surface area contributed by atoms with Crippen molar-refractivity contribution in [2.45, 2.75) is 19.6 Å². The summed E-state index contributed by atoms with van der Waals surface area (Å²) < 4.78 is 0. The molecular weight excluding hydrogens is 489 g/mol. The first kappa shape index (κ1) is 22.5. The van der Waals surface area contributed by atoms with Crippen LogP contribution in [0.5, 0.6) is 0 Å². The molecule has 0 atom stereocenters. The van der Waals surface area contributed by atoms with Gasteiger partial charge in [0, 0.05) is 26.9 Å². The van der Waals surface area contributed by atoms with Gasteiger partial charge < -0.3 is 4.90 Å². The molecule has 1 nitrogen and oxygen atoms in total. The van der Waals surface area contributed by atoms with Crippen LogP contribution in [-0.2, 0) is 0 Å². The minimum atomic E-state index is -1.74. The average molecular weight is 515 g/mol. The van der Waals surface area contributed by atoms with Crippen molar-refractivity contribution in [1.82, 2.24) is 0 Å². The van der Waals surface area contributed by atoms with Gasteiger partial charge in [0.1, 0.15) is 0 Å². The maximum Gasteiger partial charge on any atom is 0.249 e. The first-order valence-electron chi connectivity index (χ1n) is 13.5. The Morgan fingerprint density at radius 3 is 1.62 bits per heavy atom. The van der Waals surface area contributed by atoms with Crippen LogP contribution < -0.4 is 21.3 Å². The SMILES string of the molecule is c1ccc(N2c3ccccc3B3c4ccccc4S(c4ccccc4)(c4ccccc4)c4cccc2c43)cc1. The second kappa shape index (κ2) is 8.79. The lowest BCUT2D eigenvalue weighted by Crippen LogP contribution is -2.61. The molecular formula is C36H26BNS. The zero-order chi connectivity index (χ0) is 25.8. The Balaban J connectivity index is 1.56. The van der Waals surface area contributed by atoms with E-state index in [0.29, 0.717) is 0 Å². The molecule has 0 fully saturated rings. The molecule has 184 valence electrons. The first-order chi connectivity index (χ1) is 19.4. The van der Waals surface area contributed by atoms with Crippen molar-refractivity contribution in [2.24, 2.45) is 0 Å². The molecule has 0 saturated carbocycles. The van der Waals surface area contributed by atoms with Gasteiger partial charge in [0.2, 0.25) is 6.71 Å². The van der Waals surface area contributed by atoms with Crippen LogP contribution in [0.3, 0.4) is 0 Å². The number of nitrogens with zero attached hydrogens (tertiary/aromatic N) is 1. The van der Waals surface area contributed by atoms with Crippen molar-refractivity contribution < 1.29 is 0 Å². The highest BCUT2D eigenvalue weighted by Gasteiger charge is 2.48. The maximum absolute atomic E-state index is 2.47. The fraction of sp³-hybridized carbons (Fsp3) is 0. The summed E-state index contributed by atoms with van der Waals surface area (Å²) in [6.45, 7) is 0.177. The van der Waals surface area contributed by atoms with Crippen LogP contribution in [0.1, 0.15) is 0 Å². The van der Waals surface area contributed by atoms with E-state index in [2.05, 4.69) is 163 Å². The molecule has 2 aliphatic heterocycles. The van der Waals surface area contributed by atoms with Gasteiger partial charge in [-0.3, -0.25) is 0 Å². The molecule has 0 bridgehead atoms. The van der Waals surface area contributed by atoms with Gasteiger partial charge in [-0.05, 0) is 81.4 Å². The summed E-state index contributed by atoms with van der Waals surface area (Å²) in [5, 5.41) is 0. The molecule has 39 heavy (non-hydrogen) atoms. The number of hydrogen-bond acceptors (Lipinski definition) is 1. The van der Waals surface area contributed by atoms with Crippen LogP contribution >= 0.6 is 10.0 Å². The Bertz CT molecular complexity index is 1780. The Labute approximate surface area is 231 Å². The van der Waals surface area contributed by atoms with Crippen LogP contribution in [0.4, 0.5) is 17.1 Å². The van der Waals surface area contributed by atoms with Gasteiger partial charge >= 0.3 is 0 Å². The van der Waals surface area contributed by atoms with Crippen LogP contribution in [0.2, 0.25) is 0 Å². The van der Waals surface area contributed by atoms with E-state index < -0.39 is 10.0 Å². The topological polar surface area (TPSA) is 3.24 Å². The van der Waals surface area contributed by atoms with E-state index in [-0.39, 0.29) is 6.71 Å². The quantitative estimate of drug-likeness (QED) is 0.219. The van der Waals surface area contributed by atoms with Gasteiger partial charge in [-0.15, -0.1) is 10.0 Å². The lowest BCUT2D eigenvalue weighted by molar-refractivity contribution is 1.22. The summed E-state index contributed by atoms with van der Waals surface area (Å²) >= 11 is 0. The summed E-state index contributed by atoms with van der Waals surface area (Å²) in [4.78, 5) is 8.11. The summed E-state index contributed by atoms with van der Waals surface area (Å²) in [6.07, 6.45) is 0. The van der Waals surface area contributed by atoms with Gasteiger partial charge in [-0.2, -0.15) is 0 Å². The number of rotatable bonds is 3. The van der Waals surface area contributed by atoms with Crippen molar-refractivity contribution >= 4 is 50.2 Å². The predicted molar refractivity (Wildman–Crippen MR) is 166 cm³/mol. The number of benzene rings is 6. The fourth-order valence-corrected chi connectivity index (χ4v) is 11.0. The Morgan fingerprint density at radius 1 is 0.410 bits per heavy atom. The Hall–Kier alpha value is -4.47. The van der Waals surface area contributed by atoms with Crippen molar-refractivity contribution in [1.29, 1.82) is 0 Å². The highest BCUT2D eigenvalue weighted by atomic mass is 32.3. The van der Waals surface area contributed by atoms with Crippen molar-refractivity contribution in [2.75, 3.05) is 4.90 Å². The molecule has 6 aromatic rings. The van der Waals surface area contributed by atoms with Crippen molar-refractivity contribution in [3.8, 4) is 0 Å². The zero-order valence-corrected chi connectivity index (χ0v) is 22.3. The van der Waals surface area contributed by atoms with E-state index in [1.165, 1.54) is 53.0 Å². The molecule has 6 aromatic carbocycles. The van der Waals surface area contributed by atoms with Gasteiger partial charge in [0.05, 0.1) is 0 Å². The highest BCUT2D eigenvalue weighted by molar-refractivity contribution is 8.34. The normalized spacial score (nSPS) is 15.1. The molecule has 0 radical (unpaired) electrons. The summed E-state index contributed by atoms with van der Waals surface area (Å²) in [7, 11) is -1.74. The number of hydrogen-bond donors (Lipinski definition) is 0. The van der Waals surface area contributed by atoms with E-state index in [1.807, 2.05) is 0 Å². The minimum Gasteiger partial charge on any atom is -0.311 e. The minimum absolute atomic E-state index is 0.177. The molecule has 3 heteroatoms. The molecule has 2 heterocycles. The predicted octanol–water partition coefficient (Wildman–Crippen LogP) is 7.64. The van der Waals surface area contributed by atoms with Crippen LogP contribution in [-0.4, -0.2) is 6.71 Å². The molecule has 2 aliphatic rings. The van der Waals surface area contributed by atoms with Crippen molar-refractivity contribution in [3.63, 3.8) is 0 Å². The van der Waals surface area contributed by atoms with Crippen LogP contribution in [0.15, 0.2) is 177 Å². The molecule has 0 unspecified atom stereocenters. The lowest BCUT2D eigenvalue weighted by Gasteiger charge is -2.51. The largest absolute Gasteiger partial charge is 0.311 e. The maximum atomic E-state index is 2.47. The first-order valence-corrected chi connectivity index (χ1v) is 15.1. The second-order valence-corrected chi connectivity index (χ2v) is 13.2. The molecule has 0 N–H and O–H groups in total. The third-order valence-electron chi connectivity index (χ3n) is 8.16. The lowest BCUT2D eigenvalue weighted by atomic mass is 9.35. The number of para-hydroxylation sites is 2. The summed E-state index contributed by atoms with van der Waals surface area (Å²) in [6, 6.07) is 58.4. The van der Waals surface area contributed by atoms with E-state index in [0.717, 1.165) is 0 Å². The molecule has 0 spiro atoms. The zero-order valence-electron chi connectivity index (χ0n) is 21.4. The number of fused-ring (bicyclic) bond motifs is 4. The summed E-state index contributed by atoms with van der Waals surface area (Å²) in [5.74, 6) is 0. The second-order valence-electron chi connectivity index (χ2n) is 10.1. The molecule has 0 aromatic heterocycles. The Morgan fingerprint density at radius 2 is 0.923 bits per heavy atom. The van der Waals surface area contributed by atoms with E-state index in [1.54, 1.807) is 0 Å².